The van der Waals surface area contributed by atoms with Crippen LogP contribution in [0, 0.1) is 5.92 Å². The molecule has 1 aromatic heterocycles. The van der Waals surface area contributed by atoms with Crippen LogP contribution in [0.15, 0.2) is 42.9 Å². The number of aromatic amines is 1. The maximum atomic E-state index is 13.3. The first-order valence-electron chi connectivity index (χ1n) is 12.1. The van der Waals surface area contributed by atoms with Crippen LogP contribution >= 0.6 is 0 Å². The molecule has 38 heavy (non-hydrogen) atoms. The van der Waals surface area contributed by atoms with Gasteiger partial charge in [0.15, 0.2) is 0 Å². The predicted molar refractivity (Wildman–Crippen MR) is 137 cm³/mol. The number of nitrogens with one attached hydrogen (secondary N) is 4. The van der Waals surface area contributed by atoms with Crippen LogP contribution in [0.2, 0.25) is 0 Å². The molecular formula is C25H35N7O6. The molecule has 4 amide bonds. The van der Waals surface area contributed by atoms with Gasteiger partial charge in [0, 0.05) is 24.7 Å². The molecule has 0 aliphatic rings. The van der Waals surface area contributed by atoms with E-state index in [0.717, 1.165) is 0 Å². The zero-order valence-corrected chi connectivity index (χ0v) is 21.3. The summed E-state index contributed by atoms with van der Waals surface area (Å²) in [4.78, 5) is 68.7. The van der Waals surface area contributed by atoms with Crippen molar-refractivity contribution in [3.8, 4) is 0 Å². The molecule has 13 nitrogen and oxygen atoms in total. The van der Waals surface area contributed by atoms with Crippen molar-refractivity contribution in [1.29, 1.82) is 0 Å². The number of carboxylic acids is 1. The molecule has 2 aromatic rings. The van der Waals surface area contributed by atoms with Crippen molar-refractivity contribution in [1.82, 2.24) is 25.9 Å². The summed E-state index contributed by atoms with van der Waals surface area (Å²) in [5.74, 6) is -4.37. The number of hydrogen-bond acceptors (Lipinski definition) is 7. The van der Waals surface area contributed by atoms with E-state index < -0.39 is 60.2 Å². The van der Waals surface area contributed by atoms with Gasteiger partial charge < -0.3 is 37.5 Å². The van der Waals surface area contributed by atoms with Crippen molar-refractivity contribution < 1.29 is 29.1 Å². The molecule has 0 fully saturated rings. The molecule has 1 aromatic carbocycles. The molecule has 0 aliphatic heterocycles. The van der Waals surface area contributed by atoms with E-state index in [1.54, 1.807) is 36.5 Å². The van der Waals surface area contributed by atoms with E-state index in [0.29, 0.717) is 11.3 Å². The zero-order valence-electron chi connectivity index (χ0n) is 21.3. The number of amides is 4. The van der Waals surface area contributed by atoms with E-state index in [4.69, 9.17) is 11.5 Å². The van der Waals surface area contributed by atoms with E-state index in [9.17, 15) is 29.1 Å². The Kier molecular flexibility index (Phi) is 11.4. The minimum Gasteiger partial charge on any atom is -0.480 e. The van der Waals surface area contributed by atoms with E-state index in [-0.39, 0.29) is 25.2 Å². The number of carbonyl (C=O) groups is 5. The number of benzene rings is 1. The molecule has 0 aliphatic carbocycles. The van der Waals surface area contributed by atoms with Crippen molar-refractivity contribution in [2.24, 2.45) is 17.4 Å². The Hall–Kier alpha value is -4.26. The van der Waals surface area contributed by atoms with Crippen LogP contribution in [0.1, 0.15) is 37.9 Å². The van der Waals surface area contributed by atoms with Crippen LogP contribution in [0.5, 0.6) is 0 Å². The summed E-state index contributed by atoms with van der Waals surface area (Å²) in [6.07, 6.45) is 2.85. The van der Waals surface area contributed by atoms with Crippen LogP contribution in [-0.2, 0) is 36.8 Å². The normalized spacial score (nSPS) is 14.1. The second kappa shape index (κ2) is 14.5. The molecular weight excluding hydrogens is 494 g/mol. The summed E-state index contributed by atoms with van der Waals surface area (Å²) in [6, 6.07) is 4.04. The highest BCUT2D eigenvalue weighted by Gasteiger charge is 2.31. The highest BCUT2D eigenvalue weighted by Crippen LogP contribution is 2.09. The molecule has 9 N–H and O–H groups in total. The second-order valence-corrected chi connectivity index (χ2v) is 9.40. The largest absolute Gasteiger partial charge is 0.480 e. The Bertz CT molecular complexity index is 1090. The summed E-state index contributed by atoms with van der Waals surface area (Å²) in [5, 5.41) is 16.9. The fourth-order valence-corrected chi connectivity index (χ4v) is 3.71. The number of carbonyl (C=O) groups excluding carboxylic acids is 4. The summed E-state index contributed by atoms with van der Waals surface area (Å²) in [6.45, 7) is 3.73. The maximum Gasteiger partial charge on any atom is 0.326 e. The molecule has 0 spiro atoms. The number of aliphatic carboxylic acids is 1. The molecule has 0 radical (unpaired) electrons. The molecule has 0 bridgehead atoms. The lowest BCUT2D eigenvalue weighted by atomic mass is 10.00. The minimum absolute atomic E-state index is 0.00300. The van der Waals surface area contributed by atoms with Gasteiger partial charge in [0.2, 0.25) is 23.6 Å². The first kappa shape index (κ1) is 30.0. The lowest BCUT2D eigenvalue weighted by Gasteiger charge is -2.26. The van der Waals surface area contributed by atoms with Crippen LogP contribution in [0.25, 0.3) is 0 Å². The fourth-order valence-electron chi connectivity index (χ4n) is 3.71. The number of nitrogens with zero attached hydrogens (tertiary/aromatic N) is 1. The number of aromatic nitrogens is 2. The SMILES string of the molecule is CC(C)CC(NC(=O)C(N)Cc1cnc[nH]1)C(=O)NC(Cc1ccccc1)C(=O)NC(CC(N)=O)C(=O)O. The molecule has 1 heterocycles. The number of carboxylic acid groups (broad SMARTS) is 1. The van der Waals surface area contributed by atoms with Crippen molar-refractivity contribution >= 4 is 29.6 Å². The number of primary amides is 1. The summed E-state index contributed by atoms with van der Waals surface area (Å²) in [5.41, 5.74) is 12.5. The highest BCUT2D eigenvalue weighted by molar-refractivity contribution is 5.95. The van der Waals surface area contributed by atoms with Crippen LogP contribution < -0.4 is 27.4 Å². The molecule has 2 rings (SSSR count). The number of imidazole rings is 1. The Morgan fingerprint density at radius 2 is 1.53 bits per heavy atom. The van der Waals surface area contributed by atoms with Crippen molar-refractivity contribution in [3.05, 3.63) is 54.1 Å². The van der Waals surface area contributed by atoms with E-state index in [2.05, 4.69) is 25.9 Å². The molecule has 4 atom stereocenters. The molecule has 0 saturated heterocycles. The van der Waals surface area contributed by atoms with Crippen LogP contribution in [0.3, 0.4) is 0 Å². The van der Waals surface area contributed by atoms with E-state index in [1.165, 1.54) is 6.33 Å². The molecule has 4 unspecified atom stereocenters. The van der Waals surface area contributed by atoms with Crippen LogP contribution in [0.4, 0.5) is 0 Å². The average Bonchev–Trinajstić information content (AvgIpc) is 3.35. The number of nitrogens with two attached hydrogens (primary N) is 2. The summed E-state index contributed by atoms with van der Waals surface area (Å²) < 4.78 is 0. The van der Waals surface area contributed by atoms with E-state index in [1.807, 2.05) is 13.8 Å². The van der Waals surface area contributed by atoms with Gasteiger partial charge in [0.25, 0.3) is 0 Å². The maximum absolute atomic E-state index is 13.3. The van der Waals surface area contributed by atoms with Crippen LogP contribution in [-0.4, -0.2) is 68.8 Å². The highest BCUT2D eigenvalue weighted by atomic mass is 16.4. The Morgan fingerprint density at radius 1 is 0.921 bits per heavy atom. The minimum atomic E-state index is -1.57. The number of hydrogen-bond donors (Lipinski definition) is 7. The van der Waals surface area contributed by atoms with Gasteiger partial charge in [-0.15, -0.1) is 0 Å². The van der Waals surface area contributed by atoms with Gasteiger partial charge in [-0.05, 0) is 17.9 Å². The fraction of sp³-hybridized carbons (Fsp3) is 0.440. The first-order chi connectivity index (χ1) is 18.0. The average molecular weight is 530 g/mol. The Morgan fingerprint density at radius 3 is 2.08 bits per heavy atom. The third kappa shape index (κ3) is 10.0. The van der Waals surface area contributed by atoms with Crippen molar-refractivity contribution in [2.45, 2.75) is 63.7 Å². The smallest absolute Gasteiger partial charge is 0.326 e. The van der Waals surface area contributed by atoms with Crippen molar-refractivity contribution in [2.75, 3.05) is 0 Å². The van der Waals surface area contributed by atoms with Gasteiger partial charge in [-0.25, -0.2) is 9.78 Å². The van der Waals surface area contributed by atoms with Gasteiger partial charge in [-0.3, -0.25) is 19.2 Å². The van der Waals surface area contributed by atoms with Crippen molar-refractivity contribution in [3.63, 3.8) is 0 Å². The Labute approximate surface area is 220 Å². The first-order valence-corrected chi connectivity index (χ1v) is 12.1. The molecule has 206 valence electrons. The van der Waals surface area contributed by atoms with Gasteiger partial charge in [0.1, 0.15) is 18.1 Å². The number of rotatable bonds is 15. The lowest BCUT2D eigenvalue weighted by molar-refractivity contribution is -0.143. The monoisotopic (exact) mass is 529 g/mol. The summed E-state index contributed by atoms with van der Waals surface area (Å²) in [7, 11) is 0. The molecule has 13 heteroatoms. The van der Waals surface area contributed by atoms with Gasteiger partial charge in [0.05, 0.1) is 18.8 Å². The Balaban J connectivity index is 2.20. The zero-order chi connectivity index (χ0) is 28.2. The van der Waals surface area contributed by atoms with E-state index >= 15 is 0 Å². The number of H-pyrrole nitrogens is 1. The van der Waals surface area contributed by atoms with Gasteiger partial charge in [-0.1, -0.05) is 44.2 Å². The second-order valence-electron chi connectivity index (χ2n) is 9.40. The third-order valence-electron chi connectivity index (χ3n) is 5.61. The quantitative estimate of drug-likeness (QED) is 0.151. The lowest BCUT2D eigenvalue weighted by Crippen LogP contribution is -2.58. The molecule has 0 saturated carbocycles. The predicted octanol–water partition coefficient (Wildman–Crippen LogP) is -1.02. The van der Waals surface area contributed by atoms with Gasteiger partial charge in [-0.2, -0.15) is 0 Å². The van der Waals surface area contributed by atoms with Gasteiger partial charge >= 0.3 is 5.97 Å². The third-order valence-corrected chi connectivity index (χ3v) is 5.61. The summed E-state index contributed by atoms with van der Waals surface area (Å²) >= 11 is 0. The topological polar surface area (TPSA) is 222 Å². The standard InChI is InChI=1S/C25H35N7O6/c1-14(2)8-18(30-22(34)17(26)10-16-12-28-13-29-16)23(35)31-19(9-15-6-4-3-5-7-15)24(36)32-20(25(37)38)11-21(27)33/h3-7,12-14,17-20H,8-11,26H2,1-2H3,(H2,27,33)(H,28,29)(H,30,34)(H,31,35)(H,32,36)(H,37,38).